The third kappa shape index (κ3) is 2.28. The van der Waals surface area contributed by atoms with Crippen LogP contribution in [0.3, 0.4) is 0 Å². The molecule has 0 fully saturated rings. The van der Waals surface area contributed by atoms with Crippen LogP contribution in [0.15, 0.2) is 18.2 Å². The molecule has 0 aliphatic carbocycles. The van der Waals surface area contributed by atoms with E-state index in [0.29, 0.717) is 12.1 Å². The van der Waals surface area contributed by atoms with Gasteiger partial charge < -0.3 is 10.2 Å². The highest BCUT2D eigenvalue weighted by atomic mass is 19.1. The van der Waals surface area contributed by atoms with Gasteiger partial charge in [-0.3, -0.25) is 5.10 Å². The van der Waals surface area contributed by atoms with E-state index in [1.807, 2.05) is 0 Å². The standard InChI is InChI=1S/C11H6F2N2O4/c12-6-2-5(10(16)17)7(13)1-4(6)8-3-9(11(18)19)15-14-8/h1-3H,(H,14,15)(H,16,17)(H,18,19). The minimum Gasteiger partial charge on any atom is -0.478 e. The second-order valence-electron chi connectivity index (χ2n) is 3.59. The lowest BCUT2D eigenvalue weighted by atomic mass is 10.1. The van der Waals surface area contributed by atoms with E-state index in [1.54, 1.807) is 0 Å². The number of carbonyl (C=O) groups is 2. The number of hydrogen-bond acceptors (Lipinski definition) is 3. The number of benzene rings is 1. The van der Waals surface area contributed by atoms with Crippen molar-refractivity contribution in [3.8, 4) is 11.3 Å². The van der Waals surface area contributed by atoms with Crippen molar-refractivity contribution >= 4 is 11.9 Å². The number of H-pyrrole nitrogens is 1. The first-order valence-electron chi connectivity index (χ1n) is 4.91. The SMILES string of the molecule is O=C(O)c1cc(-c2cc(F)c(C(=O)O)cc2F)n[nH]1. The van der Waals surface area contributed by atoms with E-state index < -0.39 is 29.1 Å². The highest BCUT2D eigenvalue weighted by Crippen LogP contribution is 2.24. The summed E-state index contributed by atoms with van der Waals surface area (Å²) in [7, 11) is 0. The number of nitrogens with one attached hydrogen (secondary N) is 1. The number of aromatic nitrogens is 2. The Bertz CT molecular complexity index is 681. The average molecular weight is 268 g/mol. The molecule has 6 nitrogen and oxygen atoms in total. The summed E-state index contributed by atoms with van der Waals surface area (Å²) >= 11 is 0. The van der Waals surface area contributed by atoms with Gasteiger partial charge in [-0.2, -0.15) is 5.10 Å². The molecule has 0 unspecified atom stereocenters. The highest BCUT2D eigenvalue weighted by molar-refractivity contribution is 5.89. The second kappa shape index (κ2) is 4.48. The lowest BCUT2D eigenvalue weighted by Crippen LogP contribution is -2.02. The summed E-state index contributed by atoms with van der Waals surface area (Å²) < 4.78 is 27.1. The van der Waals surface area contributed by atoms with E-state index in [-0.39, 0.29) is 17.0 Å². The average Bonchev–Trinajstić information content (AvgIpc) is 2.80. The Morgan fingerprint density at radius 2 is 1.74 bits per heavy atom. The van der Waals surface area contributed by atoms with Crippen molar-refractivity contribution in [2.75, 3.05) is 0 Å². The molecule has 0 atom stereocenters. The maximum atomic E-state index is 13.7. The monoisotopic (exact) mass is 268 g/mol. The number of carboxylic acids is 2. The molecule has 0 saturated heterocycles. The van der Waals surface area contributed by atoms with Gasteiger partial charge in [-0.05, 0) is 18.2 Å². The molecule has 0 aliphatic rings. The fourth-order valence-electron chi connectivity index (χ4n) is 1.48. The van der Waals surface area contributed by atoms with Crippen LogP contribution in [0, 0.1) is 11.6 Å². The largest absolute Gasteiger partial charge is 0.478 e. The number of halogens is 2. The van der Waals surface area contributed by atoms with Gasteiger partial charge in [-0.25, -0.2) is 18.4 Å². The summed E-state index contributed by atoms with van der Waals surface area (Å²) in [6, 6.07) is 2.18. The van der Waals surface area contributed by atoms with E-state index in [1.165, 1.54) is 0 Å². The van der Waals surface area contributed by atoms with E-state index in [0.717, 1.165) is 6.07 Å². The van der Waals surface area contributed by atoms with Gasteiger partial charge in [0.25, 0.3) is 0 Å². The molecule has 0 amide bonds. The van der Waals surface area contributed by atoms with Crippen LogP contribution >= 0.6 is 0 Å². The lowest BCUT2D eigenvalue weighted by Gasteiger charge is -2.02. The molecule has 1 aromatic heterocycles. The molecule has 19 heavy (non-hydrogen) atoms. The molecule has 1 aromatic carbocycles. The molecule has 98 valence electrons. The van der Waals surface area contributed by atoms with Crippen molar-refractivity contribution in [2.24, 2.45) is 0 Å². The zero-order valence-corrected chi connectivity index (χ0v) is 9.15. The number of nitrogens with zero attached hydrogens (tertiary/aromatic N) is 1. The maximum absolute atomic E-state index is 13.7. The molecule has 2 aromatic rings. The number of aromatic amines is 1. The van der Waals surface area contributed by atoms with Gasteiger partial charge >= 0.3 is 11.9 Å². The maximum Gasteiger partial charge on any atom is 0.353 e. The normalized spacial score (nSPS) is 10.4. The Hall–Kier alpha value is -2.77. The Morgan fingerprint density at radius 3 is 2.26 bits per heavy atom. The van der Waals surface area contributed by atoms with E-state index in [4.69, 9.17) is 10.2 Å². The molecule has 8 heteroatoms. The van der Waals surface area contributed by atoms with Gasteiger partial charge in [0.15, 0.2) is 0 Å². The van der Waals surface area contributed by atoms with Gasteiger partial charge in [0.05, 0.1) is 11.3 Å². The first kappa shape index (κ1) is 12.7. The van der Waals surface area contributed by atoms with E-state index >= 15 is 0 Å². The van der Waals surface area contributed by atoms with Crippen LogP contribution < -0.4 is 0 Å². The topological polar surface area (TPSA) is 103 Å². The molecular weight excluding hydrogens is 262 g/mol. The molecule has 1 heterocycles. The Balaban J connectivity index is 2.53. The summed E-state index contributed by atoms with van der Waals surface area (Å²) in [5, 5.41) is 22.9. The number of hydrogen-bond donors (Lipinski definition) is 3. The van der Waals surface area contributed by atoms with Crippen molar-refractivity contribution < 1.29 is 28.6 Å². The van der Waals surface area contributed by atoms with E-state index in [9.17, 15) is 18.4 Å². The molecule has 0 radical (unpaired) electrons. The minimum atomic E-state index is -1.60. The van der Waals surface area contributed by atoms with Crippen molar-refractivity contribution in [1.82, 2.24) is 10.2 Å². The third-order valence-electron chi connectivity index (χ3n) is 2.37. The van der Waals surface area contributed by atoms with E-state index in [2.05, 4.69) is 10.2 Å². The van der Waals surface area contributed by atoms with Crippen LogP contribution in [-0.2, 0) is 0 Å². The second-order valence-corrected chi connectivity index (χ2v) is 3.59. The van der Waals surface area contributed by atoms with Gasteiger partial charge in [0, 0.05) is 5.56 Å². The lowest BCUT2D eigenvalue weighted by molar-refractivity contribution is 0.0680. The van der Waals surface area contributed by atoms with Crippen molar-refractivity contribution in [3.63, 3.8) is 0 Å². The summed E-state index contributed by atoms with van der Waals surface area (Å²) in [4.78, 5) is 21.2. The smallest absolute Gasteiger partial charge is 0.353 e. The molecule has 0 saturated carbocycles. The first-order valence-corrected chi connectivity index (χ1v) is 4.91. The Kier molecular flexibility index (Phi) is 2.99. The van der Waals surface area contributed by atoms with Crippen LogP contribution in [0.1, 0.15) is 20.8 Å². The predicted octanol–water partition coefficient (Wildman–Crippen LogP) is 1.75. The van der Waals surface area contributed by atoms with Crippen LogP contribution in [0.2, 0.25) is 0 Å². The quantitative estimate of drug-likeness (QED) is 0.786. The number of carboxylic acid groups (broad SMARTS) is 2. The van der Waals surface area contributed by atoms with Gasteiger partial charge in [-0.15, -0.1) is 0 Å². The van der Waals surface area contributed by atoms with Crippen LogP contribution in [0.25, 0.3) is 11.3 Å². The summed E-state index contributed by atoms with van der Waals surface area (Å²) in [6.07, 6.45) is 0. The van der Waals surface area contributed by atoms with Crippen molar-refractivity contribution in [2.45, 2.75) is 0 Å². The molecule has 0 aliphatic heterocycles. The fraction of sp³-hybridized carbons (Fsp3) is 0. The fourth-order valence-corrected chi connectivity index (χ4v) is 1.48. The van der Waals surface area contributed by atoms with Crippen molar-refractivity contribution in [3.05, 3.63) is 41.1 Å². The molecule has 2 rings (SSSR count). The molecule has 3 N–H and O–H groups in total. The first-order chi connectivity index (χ1) is 8.90. The summed E-state index contributed by atoms with van der Waals surface area (Å²) in [5.74, 6) is -5.05. The van der Waals surface area contributed by atoms with Crippen LogP contribution in [-0.4, -0.2) is 32.3 Å². The van der Waals surface area contributed by atoms with Crippen molar-refractivity contribution in [1.29, 1.82) is 0 Å². The molecular formula is C11H6F2N2O4. The summed E-state index contributed by atoms with van der Waals surface area (Å²) in [5.41, 5.74) is -1.57. The number of rotatable bonds is 3. The Morgan fingerprint density at radius 1 is 1.05 bits per heavy atom. The van der Waals surface area contributed by atoms with Crippen LogP contribution in [0.5, 0.6) is 0 Å². The zero-order chi connectivity index (χ0) is 14.2. The summed E-state index contributed by atoms with van der Waals surface area (Å²) in [6.45, 7) is 0. The number of aromatic carboxylic acids is 2. The minimum absolute atomic E-state index is 0.134. The highest BCUT2D eigenvalue weighted by Gasteiger charge is 2.18. The van der Waals surface area contributed by atoms with Crippen LogP contribution in [0.4, 0.5) is 8.78 Å². The van der Waals surface area contributed by atoms with Gasteiger partial charge in [-0.1, -0.05) is 0 Å². The van der Waals surface area contributed by atoms with Gasteiger partial charge in [0.2, 0.25) is 0 Å². The Labute approximate surface area is 104 Å². The van der Waals surface area contributed by atoms with Gasteiger partial charge in [0.1, 0.15) is 17.3 Å². The molecule has 0 bridgehead atoms. The molecule has 0 spiro atoms. The third-order valence-corrected chi connectivity index (χ3v) is 2.37. The zero-order valence-electron chi connectivity index (χ0n) is 9.15. The predicted molar refractivity (Wildman–Crippen MR) is 57.9 cm³/mol.